The Balaban J connectivity index is 1.34. The van der Waals surface area contributed by atoms with Crippen LogP contribution in [-0.4, -0.2) is 68.6 Å². The molecule has 9 nitrogen and oxygen atoms in total. The molecule has 5 rings (SSSR count). The molecule has 208 valence electrons. The monoisotopic (exact) mass is 570 g/mol. The summed E-state index contributed by atoms with van der Waals surface area (Å²) in [5.74, 6) is -2.44. The van der Waals surface area contributed by atoms with Crippen molar-refractivity contribution in [1.29, 1.82) is 0 Å². The van der Waals surface area contributed by atoms with Crippen molar-refractivity contribution < 1.29 is 36.3 Å². The molecule has 2 aliphatic heterocycles. The van der Waals surface area contributed by atoms with Gasteiger partial charge in [0.2, 0.25) is 11.8 Å². The third-order valence-corrected chi connectivity index (χ3v) is 8.30. The summed E-state index contributed by atoms with van der Waals surface area (Å²) in [5, 5.41) is 2.65. The number of hydrogen-bond acceptors (Lipinski definition) is 8. The van der Waals surface area contributed by atoms with Gasteiger partial charge in [-0.15, -0.1) is 0 Å². The molecule has 1 saturated heterocycles. The maximum absolute atomic E-state index is 15.2. The van der Waals surface area contributed by atoms with Crippen LogP contribution in [0.2, 0.25) is 0 Å². The molecule has 2 amide bonds. The van der Waals surface area contributed by atoms with Crippen LogP contribution in [-0.2, 0) is 10.3 Å². The van der Waals surface area contributed by atoms with Gasteiger partial charge in [0.15, 0.2) is 11.8 Å². The number of alkyl halides is 4. The van der Waals surface area contributed by atoms with Gasteiger partial charge in [0, 0.05) is 23.7 Å². The zero-order valence-electron chi connectivity index (χ0n) is 20.5. The normalized spacial score (nSPS) is 27.9. The first-order chi connectivity index (χ1) is 18.3. The van der Waals surface area contributed by atoms with Gasteiger partial charge in [0.1, 0.15) is 22.4 Å². The Morgan fingerprint density at radius 1 is 1.28 bits per heavy atom. The summed E-state index contributed by atoms with van der Waals surface area (Å²) in [6.45, 7) is 0.418. The van der Waals surface area contributed by atoms with Crippen molar-refractivity contribution in [3.63, 3.8) is 0 Å². The number of thioether (sulfide) groups is 1. The van der Waals surface area contributed by atoms with Crippen molar-refractivity contribution in [3.05, 3.63) is 47.7 Å². The zero-order valence-corrected chi connectivity index (χ0v) is 21.3. The van der Waals surface area contributed by atoms with E-state index in [4.69, 9.17) is 5.73 Å². The number of ether oxygens (including phenoxy) is 1. The molecule has 0 unspecified atom stereocenters. The average molecular weight is 571 g/mol. The molecule has 1 aromatic carbocycles. The predicted molar refractivity (Wildman–Crippen MR) is 131 cm³/mol. The van der Waals surface area contributed by atoms with Crippen molar-refractivity contribution >= 4 is 34.4 Å². The minimum Gasteiger partial charge on any atom is -0.467 e. The molecule has 0 radical (unpaired) electrons. The van der Waals surface area contributed by atoms with E-state index in [9.17, 15) is 27.2 Å². The van der Waals surface area contributed by atoms with Crippen molar-refractivity contribution in [3.8, 4) is 5.88 Å². The average Bonchev–Trinajstić information content (AvgIpc) is 3.48. The molecule has 39 heavy (non-hydrogen) atoms. The smallest absolute Gasteiger partial charge is 0.422 e. The molecular weight excluding hydrogens is 547 g/mol. The second kappa shape index (κ2) is 9.61. The quantitative estimate of drug-likeness (QED) is 0.511. The van der Waals surface area contributed by atoms with E-state index in [2.05, 4.69) is 25.0 Å². The van der Waals surface area contributed by atoms with E-state index in [-0.39, 0.29) is 41.0 Å². The number of halogens is 5. The summed E-state index contributed by atoms with van der Waals surface area (Å²) in [4.78, 5) is 39.4. The van der Waals surface area contributed by atoms with Crippen molar-refractivity contribution in [2.45, 2.75) is 42.4 Å². The fourth-order valence-corrected chi connectivity index (χ4v) is 6.52. The lowest BCUT2D eigenvalue weighted by Crippen LogP contribution is -2.45. The summed E-state index contributed by atoms with van der Waals surface area (Å²) in [6, 6.07) is 3.84. The van der Waals surface area contributed by atoms with Crippen LogP contribution in [0.25, 0.3) is 0 Å². The minimum absolute atomic E-state index is 0.00975. The Hall–Kier alpha value is -3.49. The van der Waals surface area contributed by atoms with E-state index in [1.54, 1.807) is 6.92 Å². The summed E-state index contributed by atoms with van der Waals surface area (Å²) >= 11 is 1.11. The number of nitrogens with one attached hydrogen (secondary N) is 1. The van der Waals surface area contributed by atoms with Gasteiger partial charge in [0.05, 0.1) is 24.5 Å². The van der Waals surface area contributed by atoms with Gasteiger partial charge in [-0.1, -0.05) is 11.8 Å². The molecule has 2 fully saturated rings. The number of nitrogens with zero attached hydrogens (tertiary/aromatic N) is 4. The van der Waals surface area contributed by atoms with Crippen LogP contribution in [0.4, 0.5) is 27.6 Å². The molecule has 3 N–H and O–H groups in total. The lowest BCUT2D eigenvalue weighted by Gasteiger charge is -2.35. The molecule has 4 atom stereocenters. The molecular formula is C24H23F5N6O3S. The van der Waals surface area contributed by atoms with Gasteiger partial charge in [0.25, 0.3) is 5.91 Å². The van der Waals surface area contributed by atoms with Crippen molar-refractivity contribution in [2.75, 3.05) is 25.0 Å². The van der Waals surface area contributed by atoms with Crippen LogP contribution < -0.4 is 15.8 Å². The number of benzene rings is 1. The van der Waals surface area contributed by atoms with E-state index in [0.717, 1.165) is 30.2 Å². The van der Waals surface area contributed by atoms with Gasteiger partial charge in [-0.25, -0.2) is 18.7 Å². The maximum Gasteiger partial charge on any atom is 0.422 e. The number of nitrogens with two attached hydrogens (primary N) is 1. The predicted octanol–water partition coefficient (Wildman–Crippen LogP) is 3.41. The Morgan fingerprint density at radius 2 is 2.05 bits per heavy atom. The van der Waals surface area contributed by atoms with Crippen LogP contribution in [0.1, 0.15) is 35.8 Å². The SMILES string of the molecule is C[C@]1(c2cc(NC(=O)c3cnc(OCC(F)(F)F)cn3)ccc2F)N=C(N)S[C@@]2(C(=O)N3CC[C@H](F)C3)C[C@H]21. The number of amidine groups is 1. The van der Waals surface area contributed by atoms with Crippen LogP contribution in [0.3, 0.4) is 0 Å². The number of carbonyl (C=O) groups excluding carboxylic acids is 2. The highest BCUT2D eigenvalue weighted by Crippen LogP contribution is 2.66. The van der Waals surface area contributed by atoms with Crippen molar-refractivity contribution in [1.82, 2.24) is 14.9 Å². The van der Waals surface area contributed by atoms with Gasteiger partial charge in [-0.3, -0.25) is 14.6 Å². The number of rotatable bonds is 6. The van der Waals surface area contributed by atoms with E-state index < -0.39 is 52.8 Å². The molecule has 0 bridgehead atoms. The Kier molecular flexibility index (Phi) is 6.67. The Labute approximate surface area is 223 Å². The Morgan fingerprint density at radius 3 is 2.69 bits per heavy atom. The lowest BCUT2D eigenvalue weighted by molar-refractivity contribution is -0.154. The third-order valence-electron chi connectivity index (χ3n) is 7.01. The first kappa shape index (κ1) is 27.1. The van der Waals surface area contributed by atoms with Crippen LogP contribution >= 0.6 is 11.8 Å². The number of anilines is 1. The van der Waals surface area contributed by atoms with E-state index >= 15 is 4.39 Å². The lowest BCUT2D eigenvalue weighted by atomic mass is 9.85. The van der Waals surface area contributed by atoms with Gasteiger partial charge in [-0.2, -0.15) is 13.2 Å². The summed E-state index contributed by atoms with van der Waals surface area (Å²) in [6.07, 6.45) is -3.18. The molecule has 3 aliphatic rings. The van der Waals surface area contributed by atoms with Gasteiger partial charge < -0.3 is 20.7 Å². The van der Waals surface area contributed by atoms with Crippen LogP contribution in [0.5, 0.6) is 5.88 Å². The minimum atomic E-state index is -4.56. The summed E-state index contributed by atoms with van der Waals surface area (Å²) in [5.41, 5.74) is 4.94. The summed E-state index contributed by atoms with van der Waals surface area (Å²) in [7, 11) is 0. The number of aromatic nitrogens is 2. The van der Waals surface area contributed by atoms with Crippen molar-refractivity contribution in [2.24, 2.45) is 16.6 Å². The standard InChI is InChI=1S/C24H23F5N6O3S/c1-22(17-7-23(17,39-21(30)34-22)20(37)35-5-4-12(25)10-35)14-6-13(2-3-15(14)26)33-19(36)16-8-32-18(9-31-16)38-11-24(27,28)29/h2-3,6,8-9,12,17H,4-5,7,10-11H2,1H3,(H2,30,34)(H,33,36)/t12-,17-,22+,23-/m0/s1. The molecule has 1 aromatic heterocycles. The first-order valence-electron chi connectivity index (χ1n) is 11.9. The second-order valence-corrected chi connectivity index (χ2v) is 11.1. The topological polar surface area (TPSA) is 123 Å². The van der Waals surface area contributed by atoms with E-state index in [1.807, 2.05) is 0 Å². The fourth-order valence-electron chi connectivity index (χ4n) is 5.07. The molecule has 0 spiro atoms. The maximum atomic E-state index is 15.2. The highest BCUT2D eigenvalue weighted by Gasteiger charge is 2.71. The van der Waals surface area contributed by atoms with Gasteiger partial charge in [-0.05, 0) is 38.0 Å². The number of aliphatic imine (C=N–C) groups is 1. The highest BCUT2D eigenvalue weighted by atomic mass is 32.2. The van der Waals surface area contributed by atoms with Crippen LogP contribution in [0.15, 0.2) is 35.6 Å². The Bertz CT molecular complexity index is 1340. The molecule has 3 heterocycles. The number of hydrogen-bond donors (Lipinski definition) is 2. The largest absolute Gasteiger partial charge is 0.467 e. The number of likely N-dealkylation sites (tertiary alicyclic amines) is 1. The van der Waals surface area contributed by atoms with Gasteiger partial charge >= 0.3 is 6.18 Å². The summed E-state index contributed by atoms with van der Waals surface area (Å²) < 4.78 is 69.3. The zero-order chi connectivity index (χ0) is 28.2. The number of amides is 2. The van der Waals surface area contributed by atoms with E-state index in [1.165, 1.54) is 17.0 Å². The first-order valence-corrected chi connectivity index (χ1v) is 12.7. The second-order valence-electron chi connectivity index (χ2n) is 9.78. The highest BCUT2D eigenvalue weighted by molar-refractivity contribution is 8.15. The molecule has 2 aromatic rings. The van der Waals surface area contributed by atoms with E-state index in [0.29, 0.717) is 13.0 Å². The third kappa shape index (κ3) is 5.23. The molecule has 15 heteroatoms. The van der Waals surface area contributed by atoms with Crippen LogP contribution in [0, 0.1) is 11.7 Å². The number of fused-ring (bicyclic) bond motifs is 1. The fraction of sp³-hybridized carbons (Fsp3) is 0.458. The molecule has 1 saturated carbocycles. The number of carbonyl (C=O) groups is 2. The molecule has 1 aliphatic carbocycles.